The average Bonchev–Trinajstić information content (AvgIpc) is 2.99. The molecule has 0 aliphatic carbocycles. The minimum absolute atomic E-state index is 0.148. The van der Waals surface area contributed by atoms with Crippen LogP contribution < -0.4 is 9.47 Å². The number of alkyl halides is 5. The van der Waals surface area contributed by atoms with E-state index in [4.69, 9.17) is 14.2 Å². The maximum Gasteiger partial charge on any atom is 0.455 e. The fourth-order valence-corrected chi connectivity index (χ4v) is 3.98. The Balaban J connectivity index is 1.46. The normalized spacial score (nSPS) is 12.4. The van der Waals surface area contributed by atoms with E-state index >= 15 is 0 Å². The van der Waals surface area contributed by atoms with Gasteiger partial charge in [0, 0.05) is 0 Å². The van der Waals surface area contributed by atoms with Crippen molar-refractivity contribution in [3.05, 3.63) is 83.9 Å². The molecule has 3 aromatic carbocycles. The molecule has 11 heteroatoms. The molecule has 0 unspecified atom stereocenters. The lowest BCUT2D eigenvalue weighted by atomic mass is 10.0. The van der Waals surface area contributed by atoms with Crippen LogP contribution in [0.15, 0.2) is 72.8 Å². The minimum atomic E-state index is -5.73. The first-order valence-corrected chi connectivity index (χ1v) is 14.3. The number of rotatable bonds is 16. The summed E-state index contributed by atoms with van der Waals surface area (Å²) in [6.07, 6.45) is -1.06. The second-order valence-corrected chi connectivity index (χ2v) is 10.2. The van der Waals surface area contributed by atoms with E-state index in [1.54, 1.807) is 60.7 Å². The van der Waals surface area contributed by atoms with E-state index in [1.807, 2.05) is 0 Å². The van der Waals surface area contributed by atoms with Crippen molar-refractivity contribution in [3.8, 4) is 22.6 Å². The quantitative estimate of drug-likeness (QED) is 0.0689. The Bertz CT molecular complexity index is 1320. The van der Waals surface area contributed by atoms with E-state index in [0.29, 0.717) is 23.7 Å². The van der Waals surface area contributed by atoms with Crippen molar-refractivity contribution in [2.75, 3.05) is 19.8 Å². The first-order chi connectivity index (χ1) is 20.9. The highest BCUT2D eigenvalue weighted by atomic mass is 19.4. The van der Waals surface area contributed by atoms with Crippen LogP contribution in [0.1, 0.15) is 66.7 Å². The molecule has 0 aliphatic rings. The Morgan fingerprint density at radius 2 is 1.23 bits per heavy atom. The molecule has 0 spiro atoms. The van der Waals surface area contributed by atoms with Crippen LogP contribution in [0.3, 0.4) is 0 Å². The standard InChI is InChI=1S/C33H35F5O6/c1-3-4-5-6-7-20-42-28-16-14-27(15-17-28)31(40)44-29-18-12-25(13-19-29)24-8-10-26(11-9-24)30(39)43-23(2)21-41-22-32(34,35)33(36,37)38/h8-19,23H,3-7,20-22H2,1-2H3/t23-/m1/s1. The van der Waals surface area contributed by atoms with Crippen molar-refractivity contribution < 1.29 is 50.5 Å². The maximum atomic E-state index is 12.9. The molecule has 0 radical (unpaired) electrons. The number of carbonyl (C=O) groups is 2. The van der Waals surface area contributed by atoms with Crippen LogP contribution in [0.4, 0.5) is 22.0 Å². The van der Waals surface area contributed by atoms with Gasteiger partial charge in [0.05, 0.1) is 24.3 Å². The molecule has 0 bridgehead atoms. The molecule has 3 aromatic rings. The van der Waals surface area contributed by atoms with Crippen LogP contribution in [-0.4, -0.2) is 50.0 Å². The van der Waals surface area contributed by atoms with Crippen LogP contribution in [0, 0.1) is 0 Å². The van der Waals surface area contributed by atoms with Gasteiger partial charge in [-0.2, -0.15) is 22.0 Å². The second kappa shape index (κ2) is 16.2. The summed E-state index contributed by atoms with van der Waals surface area (Å²) >= 11 is 0. The van der Waals surface area contributed by atoms with Crippen LogP contribution in [0.5, 0.6) is 11.5 Å². The molecule has 44 heavy (non-hydrogen) atoms. The Labute approximate surface area is 253 Å². The second-order valence-electron chi connectivity index (χ2n) is 10.2. The van der Waals surface area contributed by atoms with Gasteiger partial charge in [0.25, 0.3) is 0 Å². The van der Waals surface area contributed by atoms with Crippen molar-refractivity contribution in [1.29, 1.82) is 0 Å². The van der Waals surface area contributed by atoms with Gasteiger partial charge >= 0.3 is 24.0 Å². The van der Waals surface area contributed by atoms with Crippen molar-refractivity contribution in [2.45, 2.75) is 64.2 Å². The summed E-state index contributed by atoms with van der Waals surface area (Å²) in [5.41, 5.74) is 2.04. The third-order valence-electron chi connectivity index (χ3n) is 6.48. The lowest BCUT2D eigenvalue weighted by Gasteiger charge is -2.20. The predicted molar refractivity (Wildman–Crippen MR) is 154 cm³/mol. The molecular formula is C33H35F5O6. The Morgan fingerprint density at radius 1 is 0.705 bits per heavy atom. The number of hydrogen-bond donors (Lipinski definition) is 0. The number of esters is 2. The van der Waals surface area contributed by atoms with E-state index in [0.717, 1.165) is 24.0 Å². The molecule has 3 rings (SSSR count). The molecular weight excluding hydrogens is 587 g/mol. The molecule has 0 aliphatic heterocycles. The van der Waals surface area contributed by atoms with Crippen LogP contribution in [-0.2, 0) is 9.47 Å². The summed E-state index contributed by atoms with van der Waals surface area (Å²) in [7, 11) is 0. The molecule has 0 heterocycles. The monoisotopic (exact) mass is 622 g/mol. The molecule has 0 fully saturated rings. The van der Waals surface area contributed by atoms with Crippen molar-refractivity contribution in [2.24, 2.45) is 0 Å². The summed E-state index contributed by atoms with van der Waals surface area (Å²) in [4.78, 5) is 24.9. The molecule has 0 saturated carbocycles. The number of unbranched alkanes of at least 4 members (excludes halogenated alkanes) is 4. The molecule has 0 saturated heterocycles. The van der Waals surface area contributed by atoms with Gasteiger partial charge in [-0.1, -0.05) is 56.9 Å². The van der Waals surface area contributed by atoms with E-state index in [1.165, 1.54) is 38.3 Å². The van der Waals surface area contributed by atoms with Gasteiger partial charge in [-0.3, -0.25) is 0 Å². The van der Waals surface area contributed by atoms with Crippen molar-refractivity contribution >= 4 is 11.9 Å². The highest BCUT2D eigenvalue weighted by Gasteiger charge is 2.57. The number of halogens is 5. The number of carbonyl (C=O) groups excluding carboxylic acids is 2. The highest BCUT2D eigenvalue weighted by molar-refractivity contribution is 5.91. The summed E-state index contributed by atoms with van der Waals surface area (Å²) in [6.45, 7) is 1.61. The molecule has 0 amide bonds. The zero-order chi connectivity index (χ0) is 32.2. The van der Waals surface area contributed by atoms with Crippen LogP contribution in [0.2, 0.25) is 0 Å². The van der Waals surface area contributed by atoms with Gasteiger partial charge in [-0.05, 0) is 73.0 Å². The topological polar surface area (TPSA) is 71.1 Å². The molecule has 0 N–H and O–H groups in total. The van der Waals surface area contributed by atoms with Crippen molar-refractivity contribution in [3.63, 3.8) is 0 Å². The van der Waals surface area contributed by atoms with E-state index in [2.05, 4.69) is 11.7 Å². The lowest BCUT2D eigenvalue weighted by Crippen LogP contribution is -2.41. The number of benzene rings is 3. The zero-order valence-electron chi connectivity index (χ0n) is 24.5. The fourth-order valence-electron chi connectivity index (χ4n) is 3.98. The molecule has 0 aromatic heterocycles. The van der Waals surface area contributed by atoms with E-state index < -0.39 is 43.4 Å². The zero-order valence-corrected chi connectivity index (χ0v) is 24.5. The molecule has 238 valence electrons. The average molecular weight is 623 g/mol. The first-order valence-electron chi connectivity index (χ1n) is 14.3. The van der Waals surface area contributed by atoms with Gasteiger partial charge in [0.2, 0.25) is 0 Å². The summed E-state index contributed by atoms with van der Waals surface area (Å²) in [5.74, 6) is -5.27. The van der Waals surface area contributed by atoms with Crippen molar-refractivity contribution in [1.82, 2.24) is 0 Å². The van der Waals surface area contributed by atoms with Gasteiger partial charge in [0.15, 0.2) is 0 Å². The largest absolute Gasteiger partial charge is 0.494 e. The fraction of sp³-hybridized carbons (Fsp3) is 0.394. The van der Waals surface area contributed by atoms with Gasteiger partial charge < -0.3 is 18.9 Å². The summed E-state index contributed by atoms with van der Waals surface area (Å²) < 4.78 is 83.2. The number of ether oxygens (including phenoxy) is 4. The van der Waals surface area contributed by atoms with Crippen LogP contribution in [0.25, 0.3) is 11.1 Å². The van der Waals surface area contributed by atoms with E-state index in [9.17, 15) is 31.5 Å². The van der Waals surface area contributed by atoms with Crippen LogP contribution >= 0.6 is 0 Å². The highest BCUT2D eigenvalue weighted by Crippen LogP contribution is 2.35. The predicted octanol–water partition coefficient (Wildman–Crippen LogP) is 8.68. The summed E-state index contributed by atoms with van der Waals surface area (Å²) in [6, 6.07) is 19.8. The summed E-state index contributed by atoms with van der Waals surface area (Å²) in [5, 5.41) is 0. The third-order valence-corrected chi connectivity index (χ3v) is 6.48. The van der Waals surface area contributed by atoms with Gasteiger partial charge in [0.1, 0.15) is 24.2 Å². The Morgan fingerprint density at radius 3 is 1.82 bits per heavy atom. The van der Waals surface area contributed by atoms with Gasteiger partial charge in [-0.15, -0.1) is 0 Å². The third kappa shape index (κ3) is 10.6. The maximum absolute atomic E-state index is 12.9. The van der Waals surface area contributed by atoms with E-state index in [-0.39, 0.29) is 5.56 Å². The SMILES string of the molecule is CCCCCCCOc1ccc(C(=O)Oc2ccc(-c3ccc(C(=O)O[C@H](C)COCC(F)(F)C(F)(F)F)cc3)cc2)cc1. The molecule has 6 nitrogen and oxygen atoms in total. The Kier molecular flexibility index (Phi) is 12.7. The first kappa shape index (κ1) is 34.5. The minimum Gasteiger partial charge on any atom is -0.494 e. The number of hydrogen-bond acceptors (Lipinski definition) is 6. The van der Waals surface area contributed by atoms with Gasteiger partial charge in [-0.25, -0.2) is 9.59 Å². The Hall–Kier alpha value is -3.99. The molecule has 1 atom stereocenters. The lowest BCUT2D eigenvalue weighted by molar-refractivity contribution is -0.297. The smallest absolute Gasteiger partial charge is 0.455 e.